The van der Waals surface area contributed by atoms with Gasteiger partial charge in [-0.05, 0) is 25.0 Å². The molecule has 2 heterocycles. The van der Waals surface area contributed by atoms with Gasteiger partial charge in [0.1, 0.15) is 5.01 Å². The minimum Gasteiger partial charge on any atom is -0.503 e. The molecule has 0 saturated carbocycles. The van der Waals surface area contributed by atoms with Crippen molar-refractivity contribution in [3.05, 3.63) is 87.6 Å². The first-order valence-corrected chi connectivity index (χ1v) is 11.1. The predicted octanol–water partition coefficient (Wildman–Crippen LogP) is 4.65. The molecular formula is C25H24N2O4S. The number of carbonyl (C=O) groups excluding carboxylic acids is 2. The zero-order valence-corrected chi connectivity index (χ0v) is 19.0. The number of aryl methyl sites for hydroxylation is 2. The molecule has 0 aliphatic carbocycles. The summed E-state index contributed by atoms with van der Waals surface area (Å²) in [6.07, 6.45) is 0. The van der Waals surface area contributed by atoms with E-state index in [1.165, 1.54) is 16.2 Å². The lowest BCUT2D eigenvalue weighted by atomic mass is 9.92. The number of nitrogens with zero attached hydrogens (tertiary/aromatic N) is 2. The molecule has 1 aliphatic rings. The third kappa shape index (κ3) is 3.85. The Morgan fingerprint density at radius 2 is 1.81 bits per heavy atom. The Hall–Kier alpha value is -3.29. The van der Waals surface area contributed by atoms with E-state index in [2.05, 4.69) is 4.98 Å². The Balaban J connectivity index is 1.80. The largest absolute Gasteiger partial charge is 0.503 e. The smallest absolute Gasteiger partial charge is 0.290 e. The summed E-state index contributed by atoms with van der Waals surface area (Å²) < 4.78 is 5.17. The van der Waals surface area contributed by atoms with Crippen molar-refractivity contribution in [1.82, 2.24) is 9.88 Å². The van der Waals surface area contributed by atoms with Crippen LogP contribution in [0.5, 0.6) is 0 Å². The van der Waals surface area contributed by atoms with Gasteiger partial charge < -0.3 is 14.7 Å². The first-order chi connectivity index (χ1) is 15.4. The molecule has 0 fully saturated rings. The molecule has 1 aromatic heterocycles. The third-order valence-corrected chi connectivity index (χ3v) is 6.80. The molecule has 7 heteroatoms. The number of ether oxygens (including phenoxy) is 1. The van der Waals surface area contributed by atoms with Crippen molar-refractivity contribution in [2.75, 3.05) is 20.3 Å². The second kappa shape index (κ2) is 9.06. The number of Topliss-reactive ketones (excluding diaryl/α,β-unsaturated/α-hetero) is 1. The topological polar surface area (TPSA) is 79.7 Å². The molecule has 6 nitrogen and oxygen atoms in total. The van der Waals surface area contributed by atoms with Gasteiger partial charge in [0.2, 0.25) is 5.78 Å². The minimum atomic E-state index is -0.687. The summed E-state index contributed by atoms with van der Waals surface area (Å²) >= 11 is 1.27. The van der Waals surface area contributed by atoms with Crippen molar-refractivity contribution in [3.63, 3.8) is 0 Å². The third-order valence-electron chi connectivity index (χ3n) is 5.59. The van der Waals surface area contributed by atoms with Crippen LogP contribution in [0.1, 0.15) is 32.5 Å². The summed E-state index contributed by atoms with van der Waals surface area (Å²) in [6.45, 7) is 4.25. The molecule has 1 amide bonds. The monoisotopic (exact) mass is 448 g/mol. The maximum absolute atomic E-state index is 13.7. The Kier molecular flexibility index (Phi) is 6.21. The molecule has 0 bridgehead atoms. The quantitative estimate of drug-likeness (QED) is 0.532. The van der Waals surface area contributed by atoms with Crippen LogP contribution in [0.2, 0.25) is 0 Å². The number of aliphatic hydroxyl groups excluding tert-OH is 1. The summed E-state index contributed by atoms with van der Waals surface area (Å²) in [5.74, 6) is -1.45. The van der Waals surface area contributed by atoms with Crippen molar-refractivity contribution < 1.29 is 19.4 Å². The van der Waals surface area contributed by atoms with Crippen LogP contribution in [0.3, 0.4) is 0 Å². The SMILES string of the molecule is COCCN1C(=O)C(O)=C(C(=O)c2sc(-c3ccccc3)nc2C)C1c1ccccc1C. The van der Waals surface area contributed by atoms with Gasteiger partial charge >= 0.3 is 0 Å². The van der Waals surface area contributed by atoms with E-state index in [0.717, 1.165) is 21.7 Å². The van der Waals surface area contributed by atoms with Gasteiger partial charge in [0.05, 0.1) is 28.8 Å². The highest BCUT2D eigenvalue weighted by Crippen LogP contribution is 2.41. The number of benzene rings is 2. The van der Waals surface area contributed by atoms with Gasteiger partial charge in [-0.1, -0.05) is 54.6 Å². The van der Waals surface area contributed by atoms with Crippen molar-refractivity contribution in [3.8, 4) is 10.6 Å². The highest BCUT2D eigenvalue weighted by atomic mass is 32.1. The van der Waals surface area contributed by atoms with Crippen LogP contribution < -0.4 is 0 Å². The van der Waals surface area contributed by atoms with Crippen molar-refractivity contribution in [2.45, 2.75) is 19.9 Å². The van der Waals surface area contributed by atoms with Crippen LogP contribution >= 0.6 is 11.3 Å². The summed E-state index contributed by atoms with van der Waals surface area (Å²) in [6, 6.07) is 16.5. The van der Waals surface area contributed by atoms with Crippen LogP contribution in [0, 0.1) is 13.8 Å². The molecule has 32 heavy (non-hydrogen) atoms. The Morgan fingerprint density at radius 1 is 1.12 bits per heavy atom. The highest BCUT2D eigenvalue weighted by Gasteiger charge is 2.44. The molecule has 164 valence electrons. The zero-order valence-electron chi connectivity index (χ0n) is 18.2. The van der Waals surface area contributed by atoms with Crippen LogP contribution in [-0.2, 0) is 9.53 Å². The first-order valence-electron chi connectivity index (χ1n) is 10.3. The van der Waals surface area contributed by atoms with Crippen molar-refractivity contribution in [1.29, 1.82) is 0 Å². The molecule has 1 N–H and O–H groups in total. The number of rotatable bonds is 7. The molecule has 2 aromatic carbocycles. The predicted molar refractivity (Wildman–Crippen MR) is 124 cm³/mol. The molecule has 1 atom stereocenters. The number of ketones is 1. The molecule has 1 aliphatic heterocycles. The number of aliphatic hydroxyl groups is 1. The van der Waals surface area contributed by atoms with E-state index in [4.69, 9.17) is 4.74 Å². The normalized spacial score (nSPS) is 16.2. The van der Waals surface area contributed by atoms with E-state index >= 15 is 0 Å². The number of methoxy groups -OCH3 is 1. The fourth-order valence-electron chi connectivity index (χ4n) is 3.96. The number of amides is 1. The van der Waals surface area contributed by atoms with E-state index < -0.39 is 17.7 Å². The number of thiazole rings is 1. The Labute approximate surface area is 190 Å². The number of carbonyl (C=O) groups is 2. The Bertz CT molecular complexity index is 1200. The maximum Gasteiger partial charge on any atom is 0.290 e. The molecule has 3 aromatic rings. The van der Waals surface area contributed by atoms with Crippen LogP contribution in [0.15, 0.2) is 65.9 Å². The summed E-state index contributed by atoms with van der Waals surface area (Å²) in [7, 11) is 1.55. The fraction of sp³-hybridized carbons (Fsp3) is 0.240. The summed E-state index contributed by atoms with van der Waals surface area (Å²) in [4.78, 5) is 33.2. The number of hydrogen-bond donors (Lipinski definition) is 1. The lowest BCUT2D eigenvalue weighted by Crippen LogP contribution is -2.34. The lowest BCUT2D eigenvalue weighted by Gasteiger charge is -2.27. The Morgan fingerprint density at radius 3 is 2.50 bits per heavy atom. The second-order valence-electron chi connectivity index (χ2n) is 7.64. The van der Waals surface area contributed by atoms with E-state index in [1.807, 2.05) is 61.5 Å². The van der Waals surface area contributed by atoms with Gasteiger partial charge in [-0.15, -0.1) is 11.3 Å². The van der Waals surface area contributed by atoms with Gasteiger partial charge in [-0.25, -0.2) is 4.98 Å². The molecule has 0 saturated heterocycles. The van der Waals surface area contributed by atoms with Gasteiger partial charge in [0.25, 0.3) is 5.91 Å². The van der Waals surface area contributed by atoms with Gasteiger partial charge in [0, 0.05) is 19.2 Å². The minimum absolute atomic E-state index is 0.0896. The standard InChI is InChI=1S/C25H24N2O4S/c1-15-9-7-8-12-18(15)20-19(22(29)25(30)27(20)13-14-31-3)21(28)23-16(2)26-24(32-23)17-10-5-4-6-11-17/h4-12,20,29H,13-14H2,1-3H3. The molecular weight excluding hydrogens is 424 g/mol. The fourth-order valence-corrected chi connectivity index (χ4v) is 4.98. The van der Waals surface area contributed by atoms with Gasteiger partial charge in [-0.3, -0.25) is 9.59 Å². The van der Waals surface area contributed by atoms with E-state index in [1.54, 1.807) is 14.0 Å². The van der Waals surface area contributed by atoms with E-state index in [9.17, 15) is 14.7 Å². The van der Waals surface area contributed by atoms with Crippen LogP contribution in [0.4, 0.5) is 0 Å². The average molecular weight is 449 g/mol. The second-order valence-corrected chi connectivity index (χ2v) is 8.64. The van der Waals surface area contributed by atoms with Crippen LogP contribution in [-0.4, -0.2) is 46.9 Å². The zero-order chi connectivity index (χ0) is 22.8. The molecule has 0 radical (unpaired) electrons. The van der Waals surface area contributed by atoms with Crippen LogP contribution in [0.25, 0.3) is 10.6 Å². The molecule has 1 unspecified atom stereocenters. The number of aromatic nitrogens is 1. The van der Waals surface area contributed by atoms with E-state index in [0.29, 0.717) is 17.2 Å². The lowest BCUT2D eigenvalue weighted by molar-refractivity contribution is -0.130. The van der Waals surface area contributed by atoms with Crippen molar-refractivity contribution >= 4 is 23.0 Å². The molecule has 4 rings (SSSR count). The summed E-state index contributed by atoms with van der Waals surface area (Å²) in [5, 5.41) is 11.5. The summed E-state index contributed by atoms with van der Waals surface area (Å²) in [5.41, 5.74) is 3.31. The number of hydrogen-bond acceptors (Lipinski definition) is 6. The highest BCUT2D eigenvalue weighted by molar-refractivity contribution is 7.17. The van der Waals surface area contributed by atoms with Crippen molar-refractivity contribution in [2.24, 2.45) is 0 Å². The van der Waals surface area contributed by atoms with E-state index in [-0.39, 0.29) is 17.9 Å². The molecule has 0 spiro atoms. The average Bonchev–Trinajstić information content (AvgIpc) is 3.31. The maximum atomic E-state index is 13.7. The van der Waals surface area contributed by atoms with Gasteiger partial charge in [-0.2, -0.15) is 0 Å². The van der Waals surface area contributed by atoms with Gasteiger partial charge in [0.15, 0.2) is 5.76 Å². The first kappa shape index (κ1) is 21.9.